The first kappa shape index (κ1) is 14.0. The van der Waals surface area contributed by atoms with Crippen molar-refractivity contribution in [2.24, 2.45) is 5.73 Å². The summed E-state index contributed by atoms with van der Waals surface area (Å²) in [7, 11) is 0. The first-order valence-electron chi connectivity index (χ1n) is 4.32. The Balaban J connectivity index is 4.23. The Morgan fingerprint density at radius 2 is 1.93 bits per heavy atom. The van der Waals surface area contributed by atoms with Crippen LogP contribution in [0.1, 0.15) is 20.3 Å². The van der Waals surface area contributed by atoms with Gasteiger partial charge in [-0.05, 0) is 13.3 Å². The maximum absolute atomic E-state index is 12.0. The number of hydrogen-bond donors (Lipinski definition) is 1. The van der Waals surface area contributed by atoms with Crippen LogP contribution in [0, 0.1) is 0 Å². The quantitative estimate of drug-likeness (QED) is 0.586. The first-order valence-corrected chi connectivity index (χ1v) is 4.32. The number of alkyl halides is 3. The molecule has 88 valence electrons. The summed E-state index contributed by atoms with van der Waals surface area (Å²) in [5.74, 6) is -1.48. The van der Waals surface area contributed by atoms with E-state index in [0.29, 0.717) is 6.42 Å². The minimum absolute atomic E-state index is 0.266. The summed E-state index contributed by atoms with van der Waals surface area (Å²) in [5.41, 5.74) is 3.25. The SMILES string of the molecule is C=C(C(=O)OCC(C)(N)CC)C(F)(F)F. The number of esters is 1. The zero-order chi connectivity index (χ0) is 12.3. The van der Waals surface area contributed by atoms with Crippen molar-refractivity contribution in [3.05, 3.63) is 12.2 Å². The lowest BCUT2D eigenvalue weighted by Gasteiger charge is -2.22. The lowest BCUT2D eigenvalue weighted by molar-refractivity contribution is -0.152. The van der Waals surface area contributed by atoms with Crippen molar-refractivity contribution in [2.45, 2.75) is 32.0 Å². The van der Waals surface area contributed by atoms with Crippen molar-refractivity contribution < 1.29 is 22.7 Å². The third kappa shape index (κ3) is 4.83. The predicted octanol–water partition coefficient (Wildman–Crippen LogP) is 1.78. The van der Waals surface area contributed by atoms with Crippen molar-refractivity contribution >= 4 is 5.97 Å². The van der Waals surface area contributed by atoms with Crippen LogP contribution in [0.2, 0.25) is 0 Å². The second kappa shape index (κ2) is 4.65. The molecule has 0 aliphatic carbocycles. The molecule has 15 heavy (non-hydrogen) atoms. The van der Waals surface area contributed by atoms with E-state index < -0.39 is 23.3 Å². The first-order chi connectivity index (χ1) is 6.60. The van der Waals surface area contributed by atoms with E-state index in [-0.39, 0.29) is 6.61 Å². The van der Waals surface area contributed by atoms with Gasteiger partial charge < -0.3 is 10.5 Å². The van der Waals surface area contributed by atoms with E-state index in [0.717, 1.165) is 0 Å². The van der Waals surface area contributed by atoms with Crippen LogP contribution in [0.25, 0.3) is 0 Å². The molecule has 6 heteroatoms. The molecule has 1 atom stereocenters. The van der Waals surface area contributed by atoms with Gasteiger partial charge in [0.2, 0.25) is 0 Å². The molecule has 3 nitrogen and oxygen atoms in total. The number of ether oxygens (including phenoxy) is 1. The van der Waals surface area contributed by atoms with Crippen LogP contribution in [-0.4, -0.2) is 24.3 Å². The molecule has 0 heterocycles. The molecule has 0 radical (unpaired) electrons. The van der Waals surface area contributed by atoms with E-state index in [4.69, 9.17) is 5.73 Å². The highest BCUT2D eigenvalue weighted by Gasteiger charge is 2.38. The van der Waals surface area contributed by atoms with Gasteiger partial charge in [0.05, 0.1) is 0 Å². The zero-order valence-corrected chi connectivity index (χ0v) is 8.65. The average Bonchev–Trinajstić information content (AvgIpc) is 2.11. The monoisotopic (exact) mass is 225 g/mol. The van der Waals surface area contributed by atoms with Crippen LogP contribution < -0.4 is 5.73 Å². The smallest absolute Gasteiger partial charge is 0.422 e. The fourth-order valence-corrected chi connectivity index (χ4v) is 0.535. The second-order valence-corrected chi connectivity index (χ2v) is 3.56. The highest BCUT2D eigenvalue weighted by Crippen LogP contribution is 2.25. The minimum Gasteiger partial charge on any atom is -0.460 e. The van der Waals surface area contributed by atoms with E-state index in [1.807, 2.05) is 0 Å². The van der Waals surface area contributed by atoms with Gasteiger partial charge in [-0.15, -0.1) is 0 Å². The van der Waals surface area contributed by atoms with Crippen LogP contribution in [0.5, 0.6) is 0 Å². The molecular formula is C9H14F3NO2. The molecule has 0 saturated carbocycles. The second-order valence-electron chi connectivity index (χ2n) is 3.56. The summed E-state index contributed by atoms with van der Waals surface area (Å²) in [6.07, 6.45) is -4.27. The Morgan fingerprint density at radius 3 is 2.27 bits per heavy atom. The summed E-state index contributed by atoms with van der Waals surface area (Å²) in [6.45, 7) is 5.67. The normalized spacial score (nSPS) is 15.6. The summed E-state index contributed by atoms with van der Waals surface area (Å²) in [5, 5.41) is 0. The van der Waals surface area contributed by atoms with Gasteiger partial charge in [-0.25, -0.2) is 4.79 Å². The molecule has 0 aromatic rings. The van der Waals surface area contributed by atoms with Gasteiger partial charge in [0, 0.05) is 5.54 Å². The minimum atomic E-state index is -4.76. The van der Waals surface area contributed by atoms with E-state index in [9.17, 15) is 18.0 Å². The van der Waals surface area contributed by atoms with E-state index in [1.54, 1.807) is 13.8 Å². The van der Waals surface area contributed by atoms with Gasteiger partial charge in [-0.3, -0.25) is 0 Å². The summed E-state index contributed by atoms with van der Waals surface area (Å²) < 4.78 is 40.3. The third-order valence-electron chi connectivity index (χ3n) is 1.93. The van der Waals surface area contributed by atoms with Gasteiger partial charge in [-0.1, -0.05) is 13.5 Å². The largest absolute Gasteiger partial charge is 0.460 e. The van der Waals surface area contributed by atoms with Crippen LogP contribution in [0.3, 0.4) is 0 Å². The van der Waals surface area contributed by atoms with Gasteiger partial charge in [-0.2, -0.15) is 13.2 Å². The molecule has 0 rings (SSSR count). The number of carbonyl (C=O) groups excluding carboxylic acids is 1. The maximum atomic E-state index is 12.0. The molecule has 0 aliphatic rings. The number of nitrogens with two attached hydrogens (primary N) is 1. The Morgan fingerprint density at radius 1 is 1.47 bits per heavy atom. The standard InChI is InChI=1S/C9H14F3NO2/c1-4-8(3,13)5-15-7(14)6(2)9(10,11)12/h2,4-5,13H2,1,3H3. The van der Waals surface area contributed by atoms with Gasteiger partial charge >= 0.3 is 12.1 Å². The molecule has 0 aliphatic heterocycles. The lowest BCUT2D eigenvalue weighted by Crippen LogP contribution is -2.41. The van der Waals surface area contributed by atoms with Crippen LogP contribution in [0.4, 0.5) is 13.2 Å². The third-order valence-corrected chi connectivity index (χ3v) is 1.93. The topological polar surface area (TPSA) is 52.3 Å². The lowest BCUT2D eigenvalue weighted by atomic mass is 10.0. The van der Waals surface area contributed by atoms with Crippen molar-refractivity contribution in [3.8, 4) is 0 Å². The fourth-order valence-electron chi connectivity index (χ4n) is 0.535. The maximum Gasteiger partial charge on any atom is 0.422 e. The molecule has 0 aromatic heterocycles. The molecule has 0 fully saturated rings. The van der Waals surface area contributed by atoms with E-state index in [2.05, 4.69) is 11.3 Å². The number of carbonyl (C=O) groups is 1. The molecule has 0 spiro atoms. The van der Waals surface area contributed by atoms with Crippen LogP contribution >= 0.6 is 0 Å². The molecule has 0 saturated heterocycles. The van der Waals surface area contributed by atoms with Gasteiger partial charge in [0.15, 0.2) is 0 Å². The average molecular weight is 225 g/mol. The Kier molecular flexibility index (Phi) is 4.33. The zero-order valence-electron chi connectivity index (χ0n) is 8.65. The Labute approximate surface area is 86.1 Å². The molecule has 0 amide bonds. The predicted molar refractivity (Wildman–Crippen MR) is 49.0 cm³/mol. The molecule has 1 unspecified atom stereocenters. The molecule has 2 N–H and O–H groups in total. The molecule has 0 aromatic carbocycles. The van der Waals surface area contributed by atoms with E-state index in [1.165, 1.54) is 0 Å². The van der Waals surface area contributed by atoms with Crippen molar-refractivity contribution in [1.82, 2.24) is 0 Å². The number of rotatable bonds is 4. The summed E-state index contributed by atoms with van der Waals surface area (Å²) in [4.78, 5) is 10.9. The highest BCUT2D eigenvalue weighted by atomic mass is 19.4. The summed E-state index contributed by atoms with van der Waals surface area (Å²) in [6, 6.07) is 0. The van der Waals surface area contributed by atoms with E-state index >= 15 is 0 Å². The van der Waals surface area contributed by atoms with Crippen molar-refractivity contribution in [3.63, 3.8) is 0 Å². The van der Waals surface area contributed by atoms with Gasteiger partial charge in [0.25, 0.3) is 0 Å². The van der Waals surface area contributed by atoms with Crippen molar-refractivity contribution in [1.29, 1.82) is 0 Å². The number of halogens is 3. The fraction of sp³-hybridized carbons (Fsp3) is 0.667. The Bertz CT molecular complexity index is 259. The van der Waals surface area contributed by atoms with Crippen molar-refractivity contribution in [2.75, 3.05) is 6.61 Å². The van der Waals surface area contributed by atoms with Crippen LogP contribution in [0.15, 0.2) is 12.2 Å². The highest BCUT2D eigenvalue weighted by molar-refractivity contribution is 5.89. The van der Waals surface area contributed by atoms with Crippen LogP contribution in [-0.2, 0) is 9.53 Å². The van der Waals surface area contributed by atoms with Gasteiger partial charge in [0.1, 0.15) is 12.2 Å². The molecular weight excluding hydrogens is 211 g/mol. The Hall–Kier alpha value is -1.04. The summed E-state index contributed by atoms with van der Waals surface area (Å²) >= 11 is 0. The molecule has 0 bridgehead atoms. The number of hydrogen-bond acceptors (Lipinski definition) is 3.